The quantitative estimate of drug-likeness (QED) is 0.418. The number of hydrogen-bond acceptors (Lipinski definition) is 6. The summed E-state index contributed by atoms with van der Waals surface area (Å²) in [5.41, 5.74) is 1.85. The van der Waals surface area contributed by atoms with Gasteiger partial charge in [0.25, 0.3) is 15.9 Å². The number of rotatable bonds is 8. The number of sulfonamides is 1. The lowest BCUT2D eigenvalue weighted by Gasteiger charge is -2.12. The number of ether oxygens (including phenoxy) is 2. The Bertz CT molecular complexity index is 1230. The van der Waals surface area contributed by atoms with E-state index < -0.39 is 15.9 Å². The van der Waals surface area contributed by atoms with E-state index in [1.54, 1.807) is 42.5 Å². The van der Waals surface area contributed by atoms with E-state index in [1.807, 2.05) is 25.1 Å². The molecule has 3 aromatic rings. The first kappa shape index (κ1) is 24.0. The van der Waals surface area contributed by atoms with Gasteiger partial charge in [-0.1, -0.05) is 18.2 Å². The van der Waals surface area contributed by atoms with Crippen LogP contribution in [0.2, 0.25) is 0 Å². The number of carbonyl (C=O) groups is 1. The minimum atomic E-state index is -3.77. The molecule has 0 saturated heterocycles. The third-order valence-corrected chi connectivity index (χ3v) is 6.07. The summed E-state index contributed by atoms with van der Waals surface area (Å²) in [4.78, 5) is 12.1. The number of anilines is 2. The fourth-order valence-electron chi connectivity index (χ4n) is 2.78. The number of hydrogen-bond donors (Lipinski definition) is 3. The van der Waals surface area contributed by atoms with Crippen molar-refractivity contribution in [2.45, 2.75) is 11.8 Å². The van der Waals surface area contributed by atoms with Crippen molar-refractivity contribution in [1.29, 1.82) is 0 Å². The molecule has 0 radical (unpaired) electrons. The standard InChI is InChI=1S/C23H23N3O5S2/c1-16-5-3-4-6-21(16)31-15-22(27)25-23(32)24-17-9-13-20(14-10-17)33(28,29)26-18-7-11-19(30-2)12-8-18/h3-14,26H,15H2,1-2H3,(H2,24,25,27,32). The molecule has 0 bridgehead atoms. The van der Waals surface area contributed by atoms with Gasteiger partial charge in [-0.3, -0.25) is 14.8 Å². The number of benzene rings is 3. The molecule has 0 aliphatic carbocycles. The van der Waals surface area contributed by atoms with Gasteiger partial charge in [0, 0.05) is 11.4 Å². The smallest absolute Gasteiger partial charge is 0.264 e. The second-order valence-corrected chi connectivity index (χ2v) is 9.01. The highest BCUT2D eigenvalue weighted by atomic mass is 32.2. The van der Waals surface area contributed by atoms with Crippen LogP contribution in [0.3, 0.4) is 0 Å². The highest BCUT2D eigenvalue weighted by molar-refractivity contribution is 7.92. The van der Waals surface area contributed by atoms with E-state index in [1.165, 1.54) is 19.2 Å². The summed E-state index contributed by atoms with van der Waals surface area (Å²) in [5.74, 6) is 0.823. The zero-order chi connectivity index (χ0) is 23.8. The summed E-state index contributed by atoms with van der Waals surface area (Å²) in [6, 6.07) is 19.9. The summed E-state index contributed by atoms with van der Waals surface area (Å²) < 4.78 is 38.2. The lowest BCUT2D eigenvalue weighted by atomic mass is 10.2. The SMILES string of the molecule is COc1ccc(NS(=O)(=O)c2ccc(NC(=S)NC(=O)COc3ccccc3C)cc2)cc1. The number of carbonyl (C=O) groups excluding carboxylic acids is 1. The fourth-order valence-corrected chi connectivity index (χ4v) is 4.07. The predicted molar refractivity (Wildman–Crippen MR) is 131 cm³/mol. The predicted octanol–water partition coefficient (Wildman–Crippen LogP) is 3.70. The Kier molecular flexibility index (Phi) is 7.86. The van der Waals surface area contributed by atoms with Gasteiger partial charge >= 0.3 is 0 Å². The highest BCUT2D eigenvalue weighted by Gasteiger charge is 2.14. The van der Waals surface area contributed by atoms with Crippen molar-refractivity contribution in [3.8, 4) is 11.5 Å². The highest BCUT2D eigenvalue weighted by Crippen LogP contribution is 2.20. The van der Waals surface area contributed by atoms with E-state index in [2.05, 4.69) is 15.4 Å². The molecule has 0 unspecified atom stereocenters. The number of aryl methyl sites for hydroxylation is 1. The maximum absolute atomic E-state index is 12.6. The van der Waals surface area contributed by atoms with Gasteiger partial charge in [0.2, 0.25) is 0 Å². The van der Waals surface area contributed by atoms with Crippen LogP contribution in [0.25, 0.3) is 0 Å². The molecule has 10 heteroatoms. The van der Waals surface area contributed by atoms with Crippen LogP contribution in [-0.4, -0.2) is 33.2 Å². The lowest BCUT2D eigenvalue weighted by Crippen LogP contribution is -2.37. The molecule has 0 aliphatic rings. The largest absolute Gasteiger partial charge is 0.497 e. The van der Waals surface area contributed by atoms with E-state index in [-0.39, 0.29) is 16.6 Å². The maximum Gasteiger partial charge on any atom is 0.264 e. The molecule has 0 aromatic heterocycles. The second kappa shape index (κ2) is 10.8. The molecule has 0 heterocycles. The molecule has 33 heavy (non-hydrogen) atoms. The van der Waals surface area contributed by atoms with Crippen molar-refractivity contribution in [2.75, 3.05) is 23.8 Å². The van der Waals surface area contributed by atoms with Gasteiger partial charge in [-0.15, -0.1) is 0 Å². The zero-order valence-electron chi connectivity index (χ0n) is 18.0. The lowest BCUT2D eigenvalue weighted by molar-refractivity contribution is -0.121. The van der Waals surface area contributed by atoms with Crippen LogP contribution >= 0.6 is 12.2 Å². The average Bonchev–Trinajstić information content (AvgIpc) is 2.79. The van der Waals surface area contributed by atoms with Crippen LogP contribution in [-0.2, 0) is 14.8 Å². The molecule has 3 aromatic carbocycles. The molecule has 3 N–H and O–H groups in total. The van der Waals surface area contributed by atoms with E-state index in [4.69, 9.17) is 21.7 Å². The van der Waals surface area contributed by atoms with Gasteiger partial charge < -0.3 is 14.8 Å². The third-order valence-electron chi connectivity index (χ3n) is 4.47. The Morgan fingerprint density at radius 2 is 1.58 bits per heavy atom. The molecule has 8 nitrogen and oxygen atoms in total. The first-order valence-electron chi connectivity index (χ1n) is 9.83. The van der Waals surface area contributed by atoms with Crippen LogP contribution in [0, 0.1) is 6.92 Å². The van der Waals surface area contributed by atoms with Crippen molar-refractivity contribution in [1.82, 2.24) is 5.32 Å². The van der Waals surface area contributed by atoms with Gasteiger partial charge in [0.15, 0.2) is 11.7 Å². The Morgan fingerprint density at radius 1 is 0.939 bits per heavy atom. The minimum absolute atomic E-state index is 0.0698. The molecule has 0 fully saturated rings. The average molecular weight is 486 g/mol. The monoisotopic (exact) mass is 485 g/mol. The Morgan fingerprint density at radius 3 is 2.21 bits per heavy atom. The van der Waals surface area contributed by atoms with Gasteiger partial charge in [-0.05, 0) is 79.3 Å². The fraction of sp³-hybridized carbons (Fsp3) is 0.130. The summed E-state index contributed by atoms with van der Waals surface area (Å²) in [6.45, 7) is 1.69. The maximum atomic E-state index is 12.6. The number of methoxy groups -OCH3 is 1. The van der Waals surface area contributed by atoms with Crippen molar-refractivity contribution in [3.05, 3.63) is 78.4 Å². The van der Waals surface area contributed by atoms with E-state index in [9.17, 15) is 13.2 Å². The second-order valence-electron chi connectivity index (χ2n) is 6.91. The molecule has 172 valence electrons. The van der Waals surface area contributed by atoms with Gasteiger partial charge in [-0.2, -0.15) is 0 Å². The van der Waals surface area contributed by atoms with Gasteiger partial charge in [-0.25, -0.2) is 8.42 Å². The van der Waals surface area contributed by atoms with Crippen LogP contribution < -0.4 is 24.8 Å². The molecule has 0 saturated carbocycles. The van der Waals surface area contributed by atoms with E-state index >= 15 is 0 Å². The number of nitrogens with one attached hydrogen (secondary N) is 3. The van der Waals surface area contributed by atoms with Crippen molar-refractivity contribution in [2.24, 2.45) is 0 Å². The molecular weight excluding hydrogens is 462 g/mol. The Labute approximate surface area is 198 Å². The van der Waals surface area contributed by atoms with Gasteiger partial charge in [0.05, 0.1) is 12.0 Å². The summed E-state index contributed by atoms with van der Waals surface area (Å²) in [6.07, 6.45) is 0. The summed E-state index contributed by atoms with van der Waals surface area (Å²) >= 11 is 5.14. The van der Waals surface area contributed by atoms with Crippen LogP contribution in [0.1, 0.15) is 5.56 Å². The Balaban J connectivity index is 1.53. The number of para-hydroxylation sites is 1. The topological polar surface area (TPSA) is 106 Å². The van der Waals surface area contributed by atoms with E-state index in [0.29, 0.717) is 22.9 Å². The summed E-state index contributed by atoms with van der Waals surface area (Å²) in [7, 11) is -2.24. The van der Waals surface area contributed by atoms with Crippen molar-refractivity contribution >= 4 is 44.6 Å². The Hall–Kier alpha value is -3.63. The molecule has 0 atom stereocenters. The van der Waals surface area contributed by atoms with Gasteiger partial charge in [0.1, 0.15) is 11.5 Å². The molecule has 3 rings (SSSR count). The molecule has 0 aliphatic heterocycles. The third kappa shape index (κ3) is 6.93. The first-order chi connectivity index (χ1) is 15.8. The van der Waals surface area contributed by atoms with Crippen LogP contribution in [0.4, 0.5) is 11.4 Å². The molecule has 1 amide bonds. The van der Waals surface area contributed by atoms with Crippen molar-refractivity contribution in [3.63, 3.8) is 0 Å². The van der Waals surface area contributed by atoms with Crippen molar-refractivity contribution < 1.29 is 22.7 Å². The number of thiocarbonyl (C=S) groups is 1. The first-order valence-corrected chi connectivity index (χ1v) is 11.7. The number of amides is 1. The molecule has 0 spiro atoms. The normalized spacial score (nSPS) is 10.7. The summed E-state index contributed by atoms with van der Waals surface area (Å²) in [5, 5.41) is 5.43. The van der Waals surface area contributed by atoms with Crippen LogP contribution in [0.15, 0.2) is 77.7 Å². The van der Waals surface area contributed by atoms with E-state index in [0.717, 1.165) is 5.56 Å². The molecular formula is C23H23N3O5S2. The van der Waals surface area contributed by atoms with Crippen LogP contribution in [0.5, 0.6) is 11.5 Å². The minimum Gasteiger partial charge on any atom is -0.497 e. The zero-order valence-corrected chi connectivity index (χ0v) is 19.6.